The van der Waals surface area contributed by atoms with Gasteiger partial charge in [-0.1, -0.05) is 18.2 Å². The predicted molar refractivity (Wildman–Crippen MR) is 64.4 cm³/mol. The SMILES string of the molecule is Fc1c(F)c(F)c2c(c1F)OB(c1cccc(C(F)(F)F)c1)O2. The van der Waals surface area contributed by atoms with Gasteiger partial charge in [0.1, 0.15) is 0 Å². The molecule has 23 heavy (non-hydrogen) atoms. The molecule has 120 valence electrons. The lowest BCUT2D eigenvalue weighted by molar-refractivity contribution is -0.137. The molecule has 0 atom stereocenters. The van der Waals surface area contributed by atoms with Crippen molar-refractivity contribution in [1.29, 1.82) is 0 Å². The monoisotopic (exact) mass is 336 g/mol. The molecular formula is C13H4BF7O2. The number of benzene rings is 2. The van der Waals surface area contributed by atoms with E-state index >= 15 is 0 Å². The molecule has 0 aliphatic carbocycles. The van der Waals surface area contributed by atoms with Gasteiger partial charge < -0.3 is 9.31 Å². The summed E-state index contributed by atoms with van der Waals surface area (Å²) >= 11 is 0. The lowest BCUT2D eigenvalue weighted by atomic mass is 9.78. The minimum atomic E-state index is -4.66. The fraction of sp³-hybridized carbons (Fsp3) is 0.0769. The molecule has 0 bridgehead atoms. The van der Waals surface area contributed by atoms with E-state index in [-0.39, 0.29) is 5.46 Å². The van der Waals surface area contributed by atoms with Crippen molar-refractivity contribution in [3.05, 3.63) is 53.1 Å². The average molecular weight is 336 g/mol. The van der Waals surface area contributed by atoms with Crippen LogP contribution in [0.25, 0.3) is 0 Å². The van der Waals surface area contributed by atoms with Crippen molar-refractivity contribution in [1.82, 2.24) is 0 Å². The van der Waals surface area contributed by atoms with Crippen LogP contribution in [-0.2, 0) is 6.18 Å². The lowest BCUT2D eigenvalue weighted by Crippen LogP contribution is -2.39. The van der Waals surface area contributed by atoms with Crippen molar-refractivity contribution in [3.63, 3.8) is 0 Å². The number of rotatable bonds is 1. The first-order valence-corrected chi connectivity index (χ1v) is 6.06. The van der Waals surface area contributed by atoms with Gasteiger partial charge in [-0.05, 0) is 6.07 Å². The molecule has 0 spiro atoms. The van der Waals surface area contributed by atoms with Crippen LogP contribution in [0.5, 0.6) is 11.5 Å². The molecule has 0 saturated carbocycles. The van der Waals surface area contributed by atoms with Gasteiger partial charge in [0, 0.05) is 5.46 Å². The standard InChI is InChI=1S/C13H4BF7O2/c15-7-8(16)10(18)12-11(9(7)17)22-14(23-12)6-3-1-2-5(4-6)13(19,20)21/h1-4H. The third-order valence-corrected chi connectivity index (χ3v) is 3.12. The summed E-state index contributed by atoms with van der Waals surface area (Å²) in [5.74, 6) is -9.93. The van der Waals surface area contributed by atoms with Gasteiger partial charge in [-0.2, -0.15) is 22.0 Å². The quantitative estimate of drug-likeness (QED) is 0.344. The van der Waals surface area contributed by atoms with Crippen LogP contribution < -0.4 is 14.8 Å². The molecule has 0 unspecified atom stereocenters. The van der Waals surface area contributed by atoms with Gasteiger partial charge in [-0.15, -0.1) is 0 Å². The van der Waals surface area contributed by atoms with Crippen molar-refractivity contribution in [3.8, 4) is 11.5 Å². The molecule has 0 fully saturated rings. The number of fused-ring (bicyclic) bond motifs is 1. The summed E-state index contributed by atoms with van der Waals surface area (Å²) in [7, 11) is -1.67. The molecule has 2 nitrogen and oxygen atoms in total. The number of hydrogen-bond acceptors (Lipinski definition) is 2. The van der Waals surface area contributed by atoms with Crippen LogP contribution in [0.3, 0.4) is 0 Å². The van der Waals surface area contributed by atoms with E-state index in [2.05, 4.69) is 0 Å². The van der Waals surface area contributed by atoms with E-state index in [1.807, 2.05) is 0 Å². The van der Waals surface area contributed by atoms with Crippen LogP contribution in [0, 0.1) is 23.3 Å². The largest absolute Gasteiger partial charge is 0.632 e. The van der Waals surface area contributed by atoms with Gasteiger partial charge in [0.15, 0.2) is 11.5 Å². The Labute approximate surface area is 124 Å². The van der Waals surface area contributed by atoms with Gasteiger partial charge in [0.25, 0.3) is 0 Å². The zero-order valence-corrected chi connectivity index (χ0v) is 10.8. The van der Waals surface area contributed by atoms with Gasteiger partial charge >= 0.3 is 13.3 Å². The predicted octanol–water partition coefficient (Wildman–Crippen LogP) is 3.43. The van der Waals surface area contributed by atoms with Gasteiger partial charge in [0.2, 0.25) is 23.3 Å². The molecule has 1 aliphatic heterocycles. The zero-order chi connectivity index (χ0) is 16.9. The molecule has 2 aromatic rings. The topological polar surface area (TPSA) is 18.5 Å². The van der Waals surface area contributed by atoms with Gasteiger partial charge in [-0.3, -0.25) is 0 Å². The first kappa shape index (κ1) is 15.5. The highest BCUT2D eigenvalue weighted by molar-refractivity contribution is 6.63. The highest BCUT2D eigenvalue weighted by atomic mass is 19.4. The van der Waals surface area contributed by atoms with E-state index in [4.69, 9.17) is 9.31 Å². The Balaban J connectivity index is 2.00. The van der Waals surface area contributed by atoms with E-state index in [1.54, 1.807) is 0 Å². The summed E-state index contributed by atoms with van der Waals surface area (Å²) in [6.45, 7) is 0. The first-order valence-electron chi connectivity index (χ1n) is 6.06. The summed E-state index contributed by atoms with van der Waals surface area (Å²) in [5, 5.41) is 0. The van der Waals surface area contributed by atoms with E-state index in [0.29, 0.717) is 6.07 Å². The van der Waals surface area contributed by atoms with E-state index in [0.717, 1.165) is 18.2 Å². The lowest BCUT2D eigenvalue weighted by Gasteiger charge is -2.09. The summed E-state index contributed by atoms with van der Waals surface area (Å²) in [4.78, 5) is 0. The van der Waals surface area contributed by atoms with Crippen molar-refractivity contribution >= 4 is 12.6 Å². The van der Waals surface area contributed by atoms with E-state index in [9.17, 15) is 30.7 Å². The molecule has 1 heterocycles. The van der Waals surface area contributed by atoms with E-state index in [1.165, 1.54) is 0 Å². The second kappa shape index (κ2) is 5.07. The average Bonchev–Trinajstić information content (AvgIpc) is 2.95. The fourth-order valence-corrected chi connectivity index (χ4v) is 2.04. The Morgan fingerprint density at radius 2 is 1.30 bits per heavy atom. The smallest absolute Gasteiger partial charge is 0.517 e. The highest BCUT2D eigenvalue weighted by Gasteiger charge is 2.42. The summed E-state index contributed by atoms with van der Waals surface area (Å²) in [6, 6.07) is 3.58. The molecular weight excluding hydrogens is 332 g/mol. The number of alkyl halides is 3. The van der Waals surface area contributed by atoms with Crippen LogP contribution >= 0.6 is 0 Å². The summed E-state index contributed by atoms with van der Waals surface area (Å²) < 4.78 is 101. The van der Waals surface area contributed by atoms with Crippen molar-refractivity contribution < 1.29 is 40.0 Å². The Morgan fingerprint density at radius 1 is 0.783 bits per heavy atom. The van der Waals surface area contributed by atoms with Crippen molar-refractivity contribution in [2.45, 2.75) is 6.18 Å². The number of hydrogen-bond donors (Lipinski definition) is 0. The van der Waals surface area contributed by atoms with E-state index < -0.39 is 53.6 Å². The van der Waals surface area contributed by atoms with Crippen molar-refractivity contribution in [2.24, 2.45) is 0 Å². The number of halogens is 7. The normalized spacial score (nSPS) is 13.6. The Kier molecular flexibility index (Phi) is 3.42. The maximum absolute atomic E-state index is 13.5. The zero-order valence-electron chi connectivity index (χ0n) is 10.8. The minimum absolute atomic E-state index is 0.226. The van der Waals surface area contributed by atoms with Crippen LogP contribution in [-0.4, -0.2) is 7.12 Å². The van der Waals surface area contributed by atoms with Crippen LogP contribution in [0.4, 0.5) is 30.7 Å². The molecule has 0 saturated heterocycles. The molecule has 0 amide bonds. The Bertz CT molecular complexity index is 754. The van der Waals surface area contributed by atoms with Crippen LogP contribution in [0.2, 0.25) is 0 Å². The fourth-order valence-electron chi connectivity index (χ4n) is 2.04. The second-order valence-corrected chi connectivity index (χ2v) is 4.61. The molecule has 3 rings (SSSR count). The van der Waals surface area contributed by atoms with Crippen LogP contribution in [0.15, 0.2) is 24.3 Å². The van der Waals surface area contributed by atoms with Gasteiger partial charge in [-0.25, -0.2) is 8.78 Å². The van der Waals surface area contributed by atoms with Crippen LogP contribution in [0.1, 0.15) is 5.56 Å². The third kappa shape index (κ3) is 2.47. The summed E-state index contributed by atoms with van der Waals surface area (Å²) in [5.41, 5.74) is -1.27. The Hall–Kier alpha value is -2.39. The first-order chi connectivity index (χ1) is 10.7. The summed E-state index contributed by atoms with van der Waals surface area (Å²) in [6.07, 6.45) is -4.66. The molecule has 1 aliphatic rings. The minimum Gasteiger partial charge on any atom is -0.517 e. The highest BCUT2D eigenvalue weighted by Crippen LogP contribution is 2.41. The molecule has 0 N–H and O–H groups in total. The molecule has 0 aromatic heterocycles. The maximum atomic E-state index is 13.5. The third-order valence-electron chi connectivity index (χ3n) is 3.12. The van der Waals surface area contributed by atoms with Gasteiger partial charge in [0.05, 0.1) is 5.56 Å². The Morgan fingerprint density at radius 3 is 1.78 bits per heavy atom. The maximum Gasteiger partial charge on any atom is 0.632 e. The molecule has 10 heteroatoms. The molecule has 2 aromatic carbocycles. The second-order valence-electron chi connectivity index (χ2n) is 4.61. The van der Waals surface area contributed by atoms with Crippen molar-refractivity contribution in [2.75, 3.05) is 0 Å². The molecule has 0 radical (unpaired) electrons.